The highest BCUT2D eigenvalue weighted by atomic mass is 16.3. The van der Waals surface area contributed by atoms with E-state index in [0.29, 0.717) is 6.04 Å². The average Bonchev–Trinajstić information content (AvgIpc) is 2.82. The van der Waals surface area contributed by atoms with E-state index < -0.39 is 0 Å². The number of rotatable bonds is 5. The summed E-state index contributed by atoms with van der Waals surface area (Å²) in [6.45, 7) is 7.70. The lowest BCUT2D eigenvalue weighted by Crippen LogP contribution is -2.37. The Morgan fingerprint density at radius 1 is 1.47 bits per heavy atom. The largest absolute Gasteiger partial charge is 0.392 e. The fraction of sp³-hybridized carbons (Fsp3) is 0.786. The average molecular weight is 266 g/mol. The Morgan fingerprint density at radius 3 is 2.84 bits per heavy atom. The van der Waals surface area contributed by atoms with Gasteiger partial charge in [-0.05, 0) is 40.4 Å². The van der Waals surface area contributed by atoms with Crippen molar-refractivity contribution in [1.82, 2.24) is 19.6 Å². The summed E-state index contributed by atoms with van der Waals surface area (Å²) in [5.74, 6) is 0. The summed E-state index contributed by atoms with van der Waals surface area (Å²) in [6, 6.07) is 2.59. The molecule has 0 aliphatic carbocycles. The quantitative estimate of drug-likeness (QED) is 0.852. The molecule has 1 aromatic rings. The van der Waals surface area contributed by atoms with E-state index >= 15 is 0 Å². The van der Waals surface area contributed by atoms with Crippen molar-refractivity contribution in [3.63, 3.8) is 0 Å². The Balaban J connectivity index is 2.07. The normalized spacial score (nSPS) is 24.5. The third kappa shape index (κ3) is 3.55. The summed E-state index contributed by atoms with van der Waals surface area (Å²) in [6.07, 6.45) is 0.682. The molecule has 5 nitrogen and oxygen atoms in total. The van der Waals surface area contributed by atoms with Crippen molar-refractivity contribution in [1.29, 1.82) is 0 Å². The van der Waals surface area contributed by atoms with E-state index in [1.54, 1.807) is 0 Å². The Bertz CT molecular complexity index is 416. The zero-order valence-corrected chi connectivity index (χ0v) is 12.5. The number of aryl methyl sites for hydroxylation is 2. The van der Waals surface area contributed by atoms with Crippen LogP contribution in [0.15, 0.2) is 6.07 Å². The summed E-state index contributed by atoms with van der Waals surface area (Å²) in [7, 11) is 4.17. The van der Waals surface area contributed by atoms with Crippen LogP contribution in [0.2, 0.25) is 0 Å². The molecule has 2 rings (SSSR count). The minimum atomic E-state index is -0.191. The predicted molar refractivity (Wildman–Crippen MR) is 76.0 cm³/mol. The van der Waals surface area contributed by atoms with Crippen LogP contribution in [0.25, 0.3) is 0 Å². The van der Waals surface area contributed by atoms with E-state index in [1.165, 1.54) is 5.69 Å². The number of aromatic nitrogens is 2. The van der Waals surface area contributed by atoms with Gasteiger partial charge in [0.25, 0.3) is 0 Å². The van der Waals surface area contributed by atoms with E-state index in [-0.39, 0.29) is 6.10 Å². The lowest BCUT2D eigenvalue weighted by atomic mass is 10.2. The minimum absolute atomic E-state index is 0.191. The molecule has 0 radical (unpaired) electrons. The molecule has 108 valence electrons. The molecule has 1 aromatic heterocycles. The SMILES string of the molecule is CCn1nc(C)cc1CN1CC(O)CC1CN(C)C. The van der Waals surface area contributed by atoms with Gasteiger partial charge in [0.1, 0.15) is 0 Å². The lowest BCUT2D eigenvalue weighted by molar-refractivity contribution is 0.167. The van der Waals surface area contributed by atoms with Gasteiger partial charge in [-0.25, -0.2) is 0 Å². The maximum Gasteiger partial charge on any atom is 0.0682 e. The van der Waals surface area contributed by atoms with E-state index in [1.807, 2.05) is 6.92 Å². The summed E-state index contributed by atoms with van der Waals surface area (Å²) < 4.78 is 2.06. The molecule has 0 bridgehead atoms. The van der Waals surface area contributed by atoms with E-state index in [4.69, 9.17) is 0 Å². The van der Waals surface area contributed by atoms with Gasteiger partial charge in [0.15, 0.2) is 0 Å². The van der Waals surface area contributed by atoms with Gasteiger partial charge >= 0.3 is 0 Å². The van der Waals surface area contributed by atoms with Gasteiger partial charge in [-0.1, -0.05) is 0 Å². The highest BCUT2D eigenvalue weighted by molar-refractivity contribution is 5.09. The molecular weight excluding hydrogens is 240 g/mol. The number of β-amino-alcohol motifs (C(OH)–C–C–N with tert-alkyl or cyclic N) is 1. The van der Waals surface area contributed by atoms with Crippen LogP contribution < -0.4 is 0 Å². The maximum absolute atomic E-state index is 9.91. The Labute approximate surface area is 115 Å². The number of hydrogen-bond acceptors (Lipinski definition) is 4. The van der Waals surface area contributed by atoms with Crippen molar-refractivity contribution in [3.05, 3.63) is 17.5 Å². The fourth-order valence-electron chi connectivity index (χ4n) is 2.97. The molecule has 2 unspecified atom stereocenters. The standard InChI is InChI=1S/C14H26N4O/c1-5-18-13(6-11(2)15-18)9-17-10-14(19)7-12(17)8-16(3)4/h6,12,14,19H,5,7-10H2,1-4H3. The first-order chi connectivity index (χ1) is 8.99. The summed E-state index contributed by atoms with van der Waals surface area (Å²) in [5.41, 5.74) is 2.32. The molecule has 1 saturated heterocycles. The van der Waals surface area contributed by atoms with Crippen molar-refractivity contribution in [2.75, 3.05) is 27.2 Å². The van der Waals surface area contributed by atoms with E-state index in [0.717, 1.165) is 38.3 Å². The molecule has 2 atom stereocenters. The van der Waals surface area contributed by atoms with Gasteiger partial charge in [0.05, 0.1) is 17.5 Å². The number of likely N-dealkylation sites (N-methyl/N-ethyl adjacent to an activating group) is 1. The molecular formula is C14H26N4O. The van der Waals surface area contributed by atoms with Gasteiger partial charge in [0, 0.05) is 32.2 Å². The summed E-state index contributed by atoms with van der Waals surface area (Å²) in [4.78, 5) is 4.57. The second kappa shape index (κ2) is 6.03. The molecule has 0 saturated carbocycles. The molecule has 0 spiro atoms. The third-order valence-electron chi connectivity index (χ3n) is 3.73. The van der Waals surface area contributed by atoms with Crippen LogP contribution in [0, 0.1) is 6.92 Å². The first-order valence-electron chi connectivity index (χ1n) is 7.09. The second-order valence-corrected chi connectivity index (χ2v) is 5.83. The van der Waals surface area contributed by atoms with Crippen molar-refractivity contribution in [3.8, 4) is 0 Å². The van der Waals surface area contributed by atoms with Crippen molar-refractivity contribution < 1.29 is 5.11 Å². The molecule has 0 aromatic carbocycles. The monoisotopic (exact) mass is 266 g/mol. The van der Waals surface area contributed by atoms with Crippen LogP contribution >= 0.6 is 0 Å². The van der Waals surface area contributed by atoms with E-state index in [9.17, 15) is 5.11 Å². The molecule has 1 N–H and O–H groups in total. The zero-order valence-electron chi connectivity index (χ0n) is 12.5. The zero-order chi connectivity index (χ0) is 14.0. The maximum atomic E-state index is 9.91. The van der Waals surface area contributed by atoms with Crippen LogP contribution in [-0.2, 0) is 13.1 Å². The van der Waals surface area contributed by atoms with Crippen molar-refractivity contribution in [2.45, 2.75) is 45.5 Å². The smallest absolute Gasteiger partial charge is 0.0682 e. The van der Waals surface area contributed by atoms with Gasteiger partial charge in [-0.2, -0.15) is 5.10 Å². The Kier molecular flexibility index (Phi) is 4.60. The molecule has 19 heavy (non-hydrogen) atoms. The second-order valence-electron chi connectivity index (χ2n) is 5.83. The van der Waals surface area contributed by atoms with Crippen LogP contribution in [0.1, 0.15) is 24.7 Å². The van der Waals surface area contributed by atoms with Gasteiger partial charge in [-0.3, -0.25) is 9.58 Å². The molecule has 1 fully saturated rings. The number of likely N-dealkylation sites (tertiary alicyclic amines) is 1. The highest BCUT2D eigenvalue weighted by Gasteiger charge is 2.31. The van der Waals surface area contributed by atoms with Gasteiger partial charge < -0.3 is 10.0 Å². The fourth-order valence-corrected chi connectivity index (χ4v) is 2.97. The number of aliphatic hydroxyl groups is 1. The van der Waals surface area contributed by atoms with Gasteiger partial charge in [-0.15, -0.1) is 0 Å². The van der Waals surface area contributed by atoms with Crippen LogP contribution in [0.3, 0.4) is 0 Å². The predicted octanol–water partition coefficient (Wildman–Crippen LogP) is 0.708. The molecule has 1 aliphatic rings. The topological polar surface area (TPSA) is 44.5 Å². The minimum Gasteiger partial charge on any atom is -0.392 e. The first-order valence-corrected chi connectivity index (χ1v) is 7.09. The number of hydrogen-bond donors (Lipinski definition) is 1. The third-order valence-corrected chi connectivity index (χ3v) is 3.73. The van der Waals surface area contributed by atoms with Gasteiger partial charge in [0.2, 0.25) is 0 Å². The molecule has 1 aliphatic heterocycles. The Hall–Kier alpha value is -0.910. The van der Waals surface area contributed by atoms with Crippen LogP contribution in [0.4, 0.5) is 0 Å². The lowest BCUT2D eigenvalue weighted by Gasteiger charge is -2.26. The highest BCUT2D eigenvalue weighted by Crippen LogP contribution is 2.21. The molecule has 0 amide bonds. The molecule has 2 heterocycles. The van der Waals surface area contributed by atoms with Crippen molar-refractivity contribution >= 4 is 0 Å². The Morgan fingerprint density at radius 2 is 2.21 bits per heavy atom. The number of nitrogens with zero attached hydrogens (tertiary/aromatic N) is 4. The summed E-state index contributed by atoms with van der Waals surface area (Å²) in [5, 5.41) is 14.4. The van der Waals surface area contributed by atoms with Crippen LogP contribution in [0.5, 0.6) is 0 Å². The first kappa shape index (κ1) is 14.5. The number of aliphatic hydroxyl groups excluding tert-OH is 1. The van der Waals surface area contributed by atoms with Crippen LogP contribution in [-0.4, -0.2) is 64.0 Å². The van der Waals surface area contributed by atoms with E-state index in [2.05, 4.69) is 46.7 Å². The molecule has 5 heteroatoms. The van der Waals surface area contributed by atoms with Crippen molar-refractivity contribution in [2.24, 2.45) is 0 Å². The summed E-state index contributed by atoms with van der Waals surface area (Å²) >= 11 is 0.